The highest BCUT2D eigenvalue weighted by Crippen LogP contribution is 2.19. The summed E-state index contributed by atoms with van der Waals surface area (Å²) in [6.45, 7) is 3.88. The number of nitrogens with zero attached hydrogens (tertiary/aromatic N) is 2. The van der Waals surface area contributed by atoms with Crippen LogP contribution in [0, 0.1) is 5.92 Å². The van der Waals surface area contributed by atoms with Gasteiger partial charge in [0.25, 0.3) is 5.91 Å². The molecule has 0 aliphatic rings. The van der Waals surface area contributed by atoms with Crippen LogP contribution in [0.3, 0.4) is 0 Å². The number of H-pyrrole nitrogens is 1. The Morgan fingerprint density at radius 1 is 1.10 bits per heavy atom. The molecular weight excluding hydrogens is 418 g/mol. The van der Waals surface area contributed by atoms with Gasteiger partial charge in [-0.3, -0.25) is 14.7 Å². The van der Waals surface area contributed by atoms with E-state index in [-0.39, 0.29) is 24.3 Å². The van der Waals surface area contributed by atoms with E-state index < -0.39 is 6.04 Å². The number of aromatic nitrogens is 3. The summed E-state index contributed by atoms with van der Waals surface area (Å²) < 4.78 is 5.15. The summed E-state index contributed by atoms with van der Waals surface area (Å²) in [6.07, 6.45) is 0. The number of rotatable bonds is 8. The van der Waals surface area contributed by atoms with Gasteiger partial charge >= 0.3 is 0 Å². The van der Waals surface area contributed by atoms with E-state index in [4.69, 9.17) is 16.3 Å². The molecule has 1 atom stereocenters. The highest BCUT2D eigenvalue weighted by atomic mass is 35.5. The summed E-state index contributed by atoms with van der Waals surface area (Å²) in [7, 11) is 1.60. The van der Waals surface area contributed by atoms with Crippen LogP contribution >= 0.6 is 11.6 Å². The van der Waals surface area contributed by atoms with Crippen LogP contribution in [0.15, 0.2) is 48.5 Å². The van der Waals surface area contributed by atoms with E-state index in [0.29, 0.717) is 22.2 Å². The van der Waals surface area contributed by atoms with E-state index in [1.807, 2.05) is 38.1 Å². The Kier molecular flexibility index (Phi) is 7.25. The smallest absolute Gasteiger partial charge is 0.251 e. The Labute approximate surface area is 185 Å². The van der Waals surface area contributed by atoms with Crippen LogP contribution in [0.2, 0.25) is 5.02 Å². The number of aromatic amines is 1. The number of nitrogens with one attached hydrogen (secondary N) is 3. The van der Waals surface area contributed by atoms with Crippen LogP contribution in [0.4, 0.5) is 0 Å². The Morgan fingerprint density at radius 2 is 1.77 bits per heavy atom. The highest BCUT2D eigenvalue weighted by molar-refractivity contribution is 6.30. The number of benzene rings is 2. The largest absolute Gasteiger partial charge is 0.497 e. The van der Waals surface area contributed by atoms with Gasteiger partial charge in [0, 0.05) is 16.1 Å². The summed E-state index contributed by atoms with van der Waals surface area (Å²) in [5.74, 6) is 1.01. The molecule has 2 amide bonds. The summed E-state index contributed by atoms with van der Waals surface area (Å²) in [4.78, 5) is 29.6. The van der Waals surface area contributed by atoms with Gasteiger partial charge in [0.05, 0.1) is 13.7 Å². The molecule has 3 N–H and O–H groups in total. The van der Waals surface area contributed by atoms with Crippen LogP contribution in [-0.4, -0.2) is 40.1 Å². The Morgan fingerprint density at radius 3 is 2.39 bits per heavy atom. The van der Waals surface area contributed by atoms with Crippen molar-refractivity contribution < 1.29 is 14.3 Å². The molecule has 0 spiro atoms. The van der Waals surface area contributed by atoms with E-state index in [0.717, 1.165) is 11.3 Å². The standard InChI is InChI=1S/C22H24ClN5O3/c1-13(2)19(26-21(29)15-4-8-16(23)9-5-15)22(30)24-12-18-25-20(28-27-18)14-6-10-17(31-3)11-7-14/h4-11,13,19H,12H2,1-3H3,(H,24,30)(H,26,29)(H,25,27,28). The second-order valence-electron chi connectivity index (χ2n) is 7.25. The Hall–Kier alpha value is -3.39. The van der Waals surface area contributed by atoms with Crippen molar-refractivity contribution >= 4 is 23.4 Å². The third kappa shape index (κ3) is 5.82. The lowest BCUT2D eigenvalue weighted by atomic mass is 10.0. The van der Waals surface area contributed by atoms with Crippen molar-refractivity contribution in [3.05, 3.63) is 64.9 Å². The number of carbonyl (C=O) groups is 2. The van der Waals surface area contributed by atoms with E-state index in [2.05, 4.69) is 25.8 Å². The molecule has 31 heavy (non-hydrogen) atoms. The third-order valence-corrected chi connectivity index (χ3v) is 4.90. The number of carbonyl (C=O) groups excluding carboxylic acids is 2. The Balaban J connectivity index is 1.60. The molecule has 1 unspecified atom stereocenters. The van der Waals surface area contributed by atoms with E-state index in [9.17, 15) is 9.59 Å². The second kappa shape index (κ2) is 10.1. The predicted molar refractivity (Wildman–Crippen MR) is 118 cm³/mol. The van der Waals surface area contributed by atoms with Crippen LogP contribution in [-0.2, 0) is 11.3 Å². The SMILES string of the molecule is COc1ccc(-c2n[nH]c(CNC(=O)C(NC(=O)c3ccc(Cl)cc3)C(C)C)n2)cc1. The van der Waals surface area contributed by atoms with Gasteiger partial charge in [0.2, 0.25) is 5.91 Å². The van der Waals surface area contributed by atoms with Crippen molar-refractivity contribution in [3.63, 3.8) is 0 Å². The van der Waals surface area contributed by atoms with Gasteiger partial charge in [-0.15, -0.1) is 0 Å². The van der Waals surface area contributed by atoms with Gasteiger partial charge in [-0.05, 0) is 54.4 Å². The number of hydrogen-bond donors (Lipinski definition) is 3. The fourth-order valence-corrected chi connectivity index (χ4v) is 3.01. The lowest BCUT2D eigenvalue weighted by Crippen LogP contribution is -2.49. The molecule has 2 aromatic carbocycles. The van der Waals surface area contributed by atoms with Crippen molar-refractivity contribution in [2.24, 2.45) is 5.92 Å². The van der Waals surface area contributed by atoms with Crippen LogP contribution in [0.5, 0.6) is 5.75 Å². The molecule has 0 bridgehead atoms. The topological polar surface area (TPSA) is 109 Å². The lowest BCUT2D eigenvalue weighted by molar-refractivity contribution is -0.124. The molecule has 0 saturated carbocycles. The van der Waals surface area contributed by atoms with Gasteiger partial charge in [-0.1, -0.05) is 25.4 Å². The van der Waals surface area contributed by atoms with E-state index in [1.54, 1.807) is 31.4 Å². The monoisotopic (exact) mass is 441 g/mol. The first-order valence-corrected chi connectivity index (χ1v) is 10.1. The van der Waals surface area contributed by atoms with Crippen molar-refractivity contribution in [3.8, 4) is 17.1 Å². The van der Waals surface area contributed by atoms with Crippen molar-refractivity contribution in [2.45, 2.75) is 26.4 Å². The van der Waals surface area contributed by atoms with Crippen molar-refractivity contribution in [2.75, 3.05) is 7.11 Å². The minimum absolute atomic E-state index is 0.110. The zero-order chi connectivity index (χ0) is 22.4. The first-order valence-electron chi connectivity index (χ1n) is 9.77. The van der Waals surface area contributed by atoms with E-state index >= 15 is 0 Å². The highest BCUT2D eigenvalue weighted by Gasteiger charge is 2.24. The molecule has 9 heteroatoms. The van der Waals surface area contributed by atoms with Crippen LogP contribution in [0.1, 0.15) is 30.0 Å². The van der Waals surface area contributed by atoms with Crippen LogP contribution < -0.4 is 15.4 Å². The zero-order valence-corrected chi connectivity index (χ0v) is 18.2. The molecule has 3 aromatic rings. The van der Waals surface area contributed by atoms with Gasteiger partial charge in [-0.25, -0.2) is 4.98 Å². The lowest BCUT2D eigenvalue weighted by Gasteiger charge is -2.21. The fourth-order valence-electron chi connectivity index (χ4n) is 2.89. The fraction of sp³-hybridized carbons (Fsp3) is 0.273. The van der Waals surface area contributed by atoms with Gasteiger partial charge in [0.15, 0.2) is 5.82 Å². The van der Waals surface area contributed by atoms with Crippen LogP contribution in [0.25, 0.3) is 11.4 Å². The predicted octanol–water partition coefficient (Wildman–Crippen LogP) is 3.20. The first kappa shape index (κ1) is 22.3. The molecule has 0 fully saturated rings. The maximum atomic E-state index is 12.7. The summed E-state index contributed by atoms with van der Waals surface area (Å²) in [5, 5.41) is 13.1. The third-order valence-electron chi connectivity index (χ3n) is 4.65. The molecule has 0 aliphatic carbocycles. The molecule has 1 aromatic heterocycles. The van der Waals surface area contributed by atoms with Crippen molar-refractivity contribution in [1.82, 2.24) is 25.8 Å². The number of methoxy groups -OCH3 is 1. The molecule has 0 aliphatic heterocycles. The average molecular weight is 442 g/mol. The van der Waals surface area contributed by atoms with Gasteiger partial charge < -0.3 is 15.4 Å². The quantitative estimate of drug-likeness (QED) is 0.497. The molecule has 3 rings (SSSR count). The average Bonchev–Trinajstić information content (AvgIpc) is 3.25. The normalized spacial score (nSPS) is 11.8. The summed E-state index contributed by atoms with van der Waals surface area (Å²) in [6, 6.07) is 13.1. The minimum atomic E-state index is -0.702. The molecule has 162 valence electrons. The molecule has 0 saturated heterocycles. The van der Waals surface area contributed by atoms with Gasteiger partial charge in [-0.2, -0.15) is 5.10 Å². The summed E-state index contributed by atoms with van der Waals surface area (Å²) >= 11 is 5.86. The zero-order valence-electron chi connectivity index (χ0n) is 17.5. The molecular formula is C22H24ClN5O3. The summed E-state index contributed by atoms with van der Waals surface area (Å²) in [5.41, 5.74) is 1.26. The molecule has 0 radical (unpaired) electrons. The number of halogens is 1. The maximum Gasteiger partial charge on any atom is 0.251 e. The Bertz CT molecular complexity index is 1030. The molecule has 8 nitrogen and oxygen atoms in total. The van der Waals surface area contributed by atoms with E-state index in [1.165, 1.54) is 0 Å². The molecule has 1 heterocycles. The number of hydrogen-bond acceptors (Lipinski definition) is 5. The number of ether oxygens (including phenoxy) is 1. The second-order valence-corrected chi connectivity index (χ2v) is 7.69. The minimum Gasteiger partial charge on any atom is -0.497 e. The van der Waals surface area contributed by atoms with Gasteiger partial charge in [0.1, 0.15) is 17.6 Å². The number of amides is 2. The van der Waals surface area contributed by atoms with Crippen molar-refractivity contribution in [1.29, 1.82) is 0 Å². The first-order chi connectivity index (χ1) is 14.9. The maximum absolute atomic E-state index is 12.7.